The number of carbonyl (C=O) groups excluding carboxylic acids is 1. The molecule has 0 fully saturated rings. The van der Waals surface area contributed by atoms with Gasteiger partial charge in [-0.3, -0.25) is 9.20 Å². The minimum absolute atomic E-state index is 0.0950. The van der Waals surface area contributed by atoms with Gasteiger partial charge in [-0.25, -0.2) is 4.98 Å². The Morgan fingerprint density at radius 3 is 2.90 bits per heavy atom. The molecule has 0 unspecified atom stereocenters. The summed E-state index contributed by atoms with van der Waals surface area (Å²) in [6.07, 6.45) is 4.45. The van der Waals surface area contributed by atoms with Crippen LogP contribution in [-0.2, 0) is 17.6 Å². The van der Waals surface area contributed by atoms with E-state index >= 15 is 0 Å². The minimum atomic E-state index is -0.0950. The molecule has 0 saturated carbocycles. The average Bonchev–Trinajstić information content (AvgIpc) is 3.48. The first-order valence-electron chi connectivity index (χ1n) is 10.1. The van der Waals surface area contributed by atoms with Crippen LogP contribution in [0.4, 0.5) is 5.13 Å². The SMILES string of the molecule is Cc1cc2cc3c(cc2n2c(SCC(=O)Nc4nc5c(s4)CCCC5)nnc12)OCO3. The number of amides is 1. The molecule has 6 rings (SSSR count). The molecule has 158 valence electrons. The lowest BCUT2D eigenvalue weighted by Crippen LogP contribution is -2.14. The fraction of sp³-hybridized carbons (Fsp3) is 0.333. The molecule has 0 saturated heterocycles. The van der Waals surface area contributed by atoms with E-state index in [4.69, 9.17) is 9.47 Å². The maximum absolute atomic E-state index is 12.6. The quantitative estimate of drug-likeness (QED) is 0.467. The third-order valence-corrected chi connectivity index (χ3v) is 7.55. The van der Waals surface area contributed by atoms with Gasteiger partial charge in [0.05, 0.1) is 17.0 Å². The summed E-state index contributed by atoms with van der Waals surface area (Å²) in [5.74, 6) is 1.57. The number of carbonyl (C=O) groups is 1. The fourth-order valence-electron chi connectivity index (χ4n) is 4.08. The largest absolute Gasteiger partial charge is 0.454 e. The van der Waals surface area contributed by atoms with Crippen molar-refractivity contribution in [2.75, 3.05) is 17.9 Å². The number of aromatic nitrogens is 4. The van der Waals surface area contributed by atoms with Crippen molar-refractivity contribution >= 4 is 50.7 Å². The Bertz CT molecular complexity index is 1320. The molecule has 0 atom stereocenters. The molecule has 31 heavy (non-hydrogen) atoms. The molecule has 3 aromatic heterocycles. The van der Waals surface area contributed by atoms with Gasteiger partial charge in [0.15, 0.2) is 27.4 Å². The molecule has 1 aromatic carbocycles. The number of hydrogen-bond acceptors (Lipinski definition) is 8. The van der Waals surface area contributed by atoms with Gasteiger partial charge in [-0.05, 0) is 50.3 Å². The third-order valence-electron chi connectivity index (χ3n) is 5.55. The number of anilines is 1. The molecule has 1 N–H and O–H groups in total. The van der Waals surface area contributed by atoms with Crippen molar-refractivity contribution in [1.29, 1.82) is 0 Å². The zero-order valence-electron chi connectivity index (χ0n) is 16.8. The van der Waals surface area contributed by atoms with E-state index in [1.54, 1.807) is 11.3 Å². The second-order valence-electron chi connectivity index (χ2n) is 7.67. The maximum Gasteiger partial charge on any atom is 0.236 e. The van der Waals surface area contributed by atoms with E-state index in [1.807, 2.05) is 23.5 Å². The predicted molar refractivity (Wildman–Crippen MR) is 119 cm³/mol. The van der Waals surface area contributed by atoms with E-state index in [0.29, 0.717) is 16.0 Å². The number of hydrogen-bond donors (Lipinski definition) is 1. The lowest BCUT2D eigenvalue weighted by molar-refractivity contribution is -0.113. The smallest absolute Gasteiger partial charge is 0.236 e. The molecule has 2 aliphatic rings. The Labute approximate surface area is 186 Å². The van der Waals surface area contributed by atoms with E-state index in [0.717, 1.165) is 46.4 Å². The number of nitrogens with zero attached hydrogens (tertiary/aromatic N) is 4. The van der Waals surface area contributed by atoms with Crippen LogP contribution in [0.2, 0.25) is 0 Å². The first-order valence-corrected chi connectivity index (χ1v) is 12.0. The number of thioether (sulfide) groups is 1. The Balaban J connectivity index is 1.27. The highest BCUT2D eigenvalue weighted by Crippen LogP contribution is 2.37. The van der Waals surface area contributed by atoms with Crippen molar-refractivity contribution in [2.24, 2.45) is 0 Å². The van der Waals surface area contributed by atoms with Gasteiger partial charge < -0.3 is 14.8 Å². The van der Waals surface area contributed by atoms with E-state index in [-0.39, 0.29) is 18.5 Å². The Morgan fingerprint density at radius 2 is 2.03 bits per heavy atom. The average molecular weight is 454 g/mol. The molecule has 1 amide bonds. The molecule has 0 spiro atoms. The number of rotatable bonds is 4. The van der Waals surface area contributed by atoms with Crippen LogP contribution in [0.25, 0.3) is 16.6 Å². The van der Waals surface area contributed by atoms with Gasteiger partial charge in [-0.1, -0.05) is 11.8 Å². The van der Waals surface area contributed by atoms with E-state index in [9.17, 15) is 4.79 Å². The van der Waals surface area contributed by atoms with Crippen molar-refractivity contribution in [3.05, 3.63) is 34.3 Å². The normalized spacial score (nSPS) is 14.9. The van der Waals surface area contributed by atoms with Gasteiger partial charge in [-0.2, -0.15) is 0 Å². The molecule has 4 heterocycles. The summed E-state index contributed by atoms with van der Waals surface area (Å²) in [5, 5.41) is 14.0. The highest BCUT2D eigenvalue weighted by atomic mass is 32.2. The number of aryl methyl sites for hydroxylation is 3. The van der Waals surface area contributed by atoms with E-state index < -0.39 is 0 Å². The van der Waals surface area contributed by atoms with Gasteiger partial charge in [0.2, 0.25) is 12.7 Å². The lowest BCUT2D eigenvalue weighted by atomic mass is 10.0. The van der Waals surface area contributed by atoms with Crippen molar-refractivity contribution in [1.82, 2.24) is 19.6 Å². The number of thiazole rings is 1. The molecule has 0 radical (unpaired) electrons. The van der Waals surface area contributed by atoms with Crippen LogP contribution < -0.4 is 14.8 Å². The standard InChI is InChI=1S/C21H19N5O3S2/c1-11-6-12-7-15-16(29-10-28-15)8-14(12)26-19(11)24-25-21(26)30-9-18(27)23-20-22-13-4-2-3-5-17(13)31-20/h6-8H,2-5,9-10H2,1H3,(H,22,23,27). The van der Waals surface area contributed by atoms with Gasteiger partial charge in [0, 0.05) is 16.3 Å². The summed E-state index contributed by atoms with van der Waals surface area (Å²) in [5.41, 5.74) is 3.83. The molecule has 1 aliphatic carbocycles. The Kier molecular flexibility index (Phi) is 4.50. The van der Waals surface area contributed by atoms with E-state index in [1.165, 1.54) is 29.5 Å². The first kappa shape index (κ1) is 18.9. The topological polar surface area (TPSA) is 90.6 Å². The number of benzene rings is 1. The summed E-state index contributed by atoms with van der Waals surface area (Å²) < 4.78 is 13.0. The number of fused-ring (bicyclic) bond motifs is 5. The highest BCUT2D eigenvalue weighted by Gasteiger charge is 2.20. The second-order valence-corrected chi connectivity index (χ2v) is 9.69. The molecule has 0 bridgehead atoms. The summed E-state index contributed by atoms with van der Waals surface area (Å²) in [7, 11) is 0. The van der Waals surface area contributed by atoms with Crippen LogP contribution in [-0.4, -0.2) is 38.0 Å². The van der Waals surface area contributed by atoms with Gasteiger partial charge in [-0.15, -0.1) is 21.5 Å². The maximum atomic E-state index is 12.6. The fourth-order valence-corrected chi connectivity index (χ4v) is 5.89. The third kappa shape index (κ3) is 3.30. The van der Waals surface area contributed by atoms with Gasteiger partial charge >= 0.3 is 0 Å². The summed E-state index contributed by atoms with van der Waals surface area (Å²) in [4.78, 5) is 18.5. The Hall–Kier alpha value is -2.85. The molecular weight excluding hydrogens is 434 g/mol. The van der Waals surface area contributed by atoms with Crippen molar-refractivity contribution in [3.8, 4) is 11.5 Å². The molecule has 8 nitrogen and oxygen atoms in total. The van der Waals surface area contributed by atoms with Crippen LogP contribution in [0.15, 0.2) is 23.4 Å². The monoisotopic (exact) mass is 453 g/mol. The second kappa shape index (κ2) is 7.38. The summed E-state index contributed by atoms with van der Waals surface area (Å²) >= 11 is 2.95. The van der Waals surface area contributed by atoms with E-state index in [2.05, 4.69) is 26.6 Å². The molecular formula is C21H19N5O3S2. The van der Waals surface area contributed by atoms with Gasteiger partial charge in [0.1, 0.15) is 0 Å². The predicted octanol–water partition coefficient (Wildman–Crippen LogP) is 3.99. The van der Waals surface area contributed by atoms with Crippen LogP contribution in [0.5, 0.6) is 11.5 Å². The van der Waals surface area contributed by atoms with Crippen molar-refractivity contribution in [3.63, 3.8) is 0 Å². The highest BCUT2D eigenvalue weighted by molar-refractivity contribution is 7.99. The van der Waals surface area contributed by atoms with Crippen LogP contribution in [0.1, 0.15) is 29.0 Å². The van der Waals surface area contributed by atoms with Crippen LogP contribution >= 0.6 is 23.1 Å². The first-order chi connectivity index (χ1) is 15.2. The summed E-state index contributed by atoms with van der Waals surface area (Å²) in [6.45, 7) is 2.22. The summed E-state index contributed by atoms with van der Waals surface area (Å²) in [6, 6.07) is 5.97. The van der Waals surface area contributed by atoms with Crippen molar-refractivity contribution < 1.29 is 14.3 Å². The number of pyridine rings is 1. The molecule has 10 heteroatoms. The molecule has 1 aliphatic heterocycles. The number of nitrogens with one attached hydrogen (secondary N) is 1. The zero-order valence-corrected chi connectivity index (χ0v) is 18.4. The van der Waals surface area contributed by atoms with Crippen LogP contribution in [0.3, 0.4) is 0 Å². The lowest BCUT2D eigenvalue weighted by Gasteiger charge is -2.08. The van der Waals surface area contributed by atoms with Crippen LogP contribution in [0, 0.1) is 6.92 Å². The van der Waals surface area contributed by atoms with Crippen molar-refractivity contribution in [2.45, 2.75) is 37.8 Å². The number of ether oxygens (including phenoxy) is 2. The Morgan fingerprint density at radius 1 is 1.19 bits per heavy atom. The van der Waals surface area contributed by atoms with Gasteiger partial charge in [0.25, 0.3) is 0 Å². The zero-order chi connectivity index (χ0) is 20.9. The minimum Gasteiger partial charge on any atom is -0.454 e. The molecule has 4 aromatic rings.